The molecule has 2 aliphatic carbocycles. The summed E-state index contributed by atoms with van der Waals surface area (Å²) in [6.07, 6.45) is 0. The molecule has 0 atom stereocenters. The molecular weight excluding hydrogens is 1570 g/mol. The number of fused-ring (bicyclic) bond motifs is 18. The van der Waals surface area contributed by atoms with Crippen LogP contribution < -0.4 is 9.80 Å². The zero-order valence-electron chi connectivity index (χ0n) is 69.7. The fourth-order valence-electron chi connectivity index (χ4n) is 21.4. The maximum atomic E-state index is 6.33. The number of thiophene rings is 1. The molecule has 5 nitrogen and oxygen atoms in total. The van der Waals surface area contributed by atoms with Gasteiger partial charge >= 0.3 is 0 Å². The monoisotopic (exact) mass is 1650 g/mol. The van der Waals surface area contributed by atoms with E-state index in [9.17, 15) is 0 Å². The lowest BCUT2D eigenvalue weighted by Crippen LogP contribution is -2.28. The quantitative estimate of drug-likeness (QED) is 0.109. The second-order valence-corrected chi connectivity index (χ2v) is 34.6. The lowest BCUT2D eigenvalue weighted by molar-refractivity contribution is 0.668. The van der Waals surface area contributed by atoms with Crippen molar-refractivity contribution in [2.45, 2.75) is 10.8 Å². The summed E-state index contributed by atoms with van der Waals surface area (Å²) in [5, 5.41) is 9.63. The van der Waals surface area contributed by atoms with E-state index >= 15 is 0 Å². The maximum absolute atomic E-state index is 6.33. The third kappa shape index (κ3) is 11.7. The van der Waals surface area contributed by atoms with Crippen molar-refractivity contribution in [1.82, 2.24) is 4.57 Å². The van der Waals surface area contributed by atoms with Crippen LogP contribution in [0.2, 0.25) is 0 Å². The molecule has 600 valence electrons. The molecule has 0 spiro atoms. The van der Waals surface area contributed by atoms with E-state index in [-0.39, 0.29) is 0 Å². The molecule has 0 amide bonds. The Morgan fingerprint density at radius 3 is 1.09 bits per heavy atom. The van der Waals surface area contributed by atoms with Crippen LogP contribution in [0, 0.1) is 0 Å². The first-order valence-electron chi connectivity index (χ1n) is 43.9. The zero-order valence-corrected chi connectivity index (χ0v) is 70.5. The highest BCUT2D eigenvalue weighted by Gasteiger charge is 2.49. The van der Waals surface area contributed by atoms with Crippen LogP contribution in [-0.2, 0) is 10.8 Å². The van der Waals surface area contributed by atoms with Gasteiger partial charge in [0.1, 0.15) is 22.3 Å². The third-order valence-electron chi connectivity index (χ3n) is 26.8. The lowest BCUT2D eigenvalue weighted by atomic mass is 9.68. The minimum absolute atomic E-state index is 0.520. The summed E-state index contributed by atoms with van der Waals surface area (Å²) in [5.41, 5.74) is 34.6. The molecule has 24 aromatic rings. The molecule has 26 rings (SSSR count). The zero-order chi connectivity index (χ0) is 84.4. The Labute approximate surface area is 745 Å². The van der Waals surface area contributed by atoms with Crippen molar-refractivity contribution in [2.75, 3.05) is 9.80 Å². The van der Waals surface area contributed by atoms with Crippen LogP contribution in [-0.4, -0.2) is 4.57 Å². The van der Waals surface area contributed by atoms with Gasteiger partial charge in [-0.05, 0) is 210 Å². The van der Waals surface area contributed by atoms with Crippen molar-refractivity contribution in [1.29, 1.82) is 0 Å². The normalized spacial score (nSPS) is 12.8. The fourth-order valence-corrected chi connectivity index (χ4v) is 22.6. The molecule has 0 N–H and O–H groups in total. The van der Waals surface area contributed by atoms with Gasteiger partial charge in [0.15, 0.2) is 0 Å². The predicted molar refractivity (Wildman–Crippen MR) is 535 cm³/mol. The Bertz CT molecular complexity index is 8310. The summed E-state index contributed by atoms with van der Waals surface area (Å²) in [7, 11) is 0. The Kier molecular flexibility index (Phi) is 17.6. The first-order valence-corrected chi connectivity index (χ1v) is 44.7. The summed E-state index contributed by atoms with van der Waals surface area (Å²) in [5.74, 6) is 0. The summed E-state index contributed by atoms with van der Waals surface area (Å²) in [4.78, 5) is 4.94. The van der Waals surface area contributed by atoms with Gasteiger partial charge in [0.2, 0.25) is 0 Å². The van der Waals surface area contributed by atoms with E-state index < -0.39 is 10.8 Å². The first kappa shape index (κ1) is 74.3. The molecule has 20 aromatic carbocycles. The Hall–Kier alpha value is -16.4. The maximum Gasteiger partial charge on any atom is 0.136 e. The molecular formula is C122H79N3O2S. The Morgan fingerprint density at radius 1 is 0.219 bits per heavy atom. The summed E-state index contributed by atoms with van der Waals surface area (Å²) < 4.78 is 17.7. The molecule has 0 aliphatic heterocycles. The van der Waals surface area contributed by atoms with Crippen LogP contribution in [0.4, 0.5) is 34.1 Å². The van der Waals surface area contributed by atoms with Gasteiger partial charge in [-0.2, -0.15) is 0 Å². The number of nitrogens with zero attached hydrogens (tertiary/aromatic N) is 3. The summed E-state index contributed by atoms with van der Waals surface area (Å²) in [6, 6.07) is 175. The van der Waals surface area contributed by atoms with Crippen LogP contribution in [0.25, 0.3) is 147 Å². The van der Waals surface area contributed by atoms with Gasteiger partial charge in [0.05, 0.1) is 33.2 Å². The number of hydrogen-bond donors (Lipinski definition) is 0. The Morgan fingerprint density at radius 2 is 0.586 bits per heavy atom. The average molecular weight is 1650 g/mol. The van der Waals surface area contributed by atoms with Crippen LogP contribution in [0.1, 0.15) is 44.5 Å². The molecule has 4 heterocycles. The van der Waals surface area contributed by atoms with E-state index in [1.165, 1.54) is 120 Å². The fraction of sp³-hybridized carbons (Fsp3) is 0.0164. The topological polar surface area (TPSA) is 37.7 Å². The van der Waals surface area contributed by atoms with Gasteiger partial charge in [-0.15, -0.1) is 11.3 Å². The van der Waals surface area contributed by atoms with Gasteiger partial charge in [-0.25, -0.2) is 0 Å². The van der Waals surface area contributed by atoms with Gasteiger partial charge < -0.3 is 23.2 Å². The highest BCUT2D eigenvalue weighted by atomic mass is 32.1. The number of para-hydroxylation sites is 4. The van der Waals surface area contributed by atoms with E-state index in [1.807, 2.05) is 35.6 Å². The molecule has 0 radical (unpaired) electrons. The van der Waals surface area contributed by atoms with Crippen molar-refractivity contribution in [3.8, 4) is 61.3 Å². The van der Waals surface area contributed by atoms with Gasteiger partial charge in [0.25, 0.3) is 0 Å². The van der Waals surface area contributed by atoms with Crippen molar-refractivity contribution < 1.29 is 8.83 Å². The smallest absolute Gasteiger partial charge is 0.136 e. The van der Waals surface area contributed by atoms with Gasteiger partial charge in [-0.3, -0.25) is 0 Å². The Balaban J connectivity index is 0.000000139. The van der Waals surface area contributed by atoms with Crippen LogP contribution in [0.3, 0.4) is 0 Å². The average Bonchev–Trinajstić information content (AvgIpc) is 1.53. The van der Waals surface area contributed by atoms with Crippen molar-refractivity contribution >= 4 is 131 Å². The molecule has 0 unspecified atom stereocenters. The van der Waals surface area contributed by atoms with E-state index in [2.05, 4.69) is 469 Å². The van der Waals surface area contributed by atoms with E-state index in [0.717, 1.165) is 106 Å². The first-order chi connectivity index (χ1) is 63.5. The standard InChI is InChI=1S/C61H40N2O.C61H39NOS/c1-3-17-43(18-4-1)61(44-19-5-2-6-20-44)53-27-11-7-26-52(53)60-54(61)28-16-31-57(60)62(45-36-33-41(34-37-45)42-35-38-51-50-25-10-14-32-58(50)64-59(51)39-42)46-21-15-22-47(40-46)63-55-29-12-8-23-48(55)49-24-9-13-30-56(49)63;1-3-17-43(18-4-1)61(44-19-5-2-6-20-44)53-27-10-7-24-52(53)59-54(61)28-15-29-55(59)62(45-35-32-40(33-36-45)41-34-37-49-48-22-8-11-30-56(48)63-57(49)39-41)46-21-13-16-42(38-46)47-25-14-26-51-50-23-9-12-31-58(50)64-60(47)51/h1-40H;1-39H. The highest BCUT2D eigenvalue weighted by Crippen LogP contribution is 2.62. The lowest BCUT2D eigenvalue weighted by Gasteiger charge is -2.34. The van der Waals surface area contributed by atoms with Crippen LogP contribution in [0.5, 0.6) is 0 Å². The van der Waals surface area contributed by atoms with E-state index in [4.69, 9.17) is 8.83 Å². The van der Waals surface area contributed by atoms with Crippen molar-refractivity contribution in [3.05, 3.63) is 524 Å². The number of furan rings is 2. The third-order valence-corrected chi connectivity index (χ3v) is 28.0. The minimum Gasteiger partial charge on any atom is -0.456 e. The number of aromatic nitrogens is 1. The van der Waals surface area contributed by atoms with Gasteiger partial charge in [0, 0.05) is 92.1 Å². The van der Waals surface area contributed by atoms with Crippen molar-refractivity contribution in [2.24, 2.45) is 0 Å². The minimum atomic E-state index is -0.528. The second kappa shape index (κ2) is 30.3. The SMILES string of the molecule is c1ccc(C2(c3ccccc3)c3ccccc3-c3c(N(c4ccc(-c5ccc6c(c5)oc5ccccc56)cc4)c4cccc(-c5cccc6c5sc5ccccc56)c4)cccc32)cc1.c1ccc(C2(c3ccccc3)c3ccccc3-c3c(N(c4ccc(-c5ccc6c(c5)oc5ccccc56)cc4)c4cccc(-n5c6ccccc6c6ccccc65)c4)cccc32)cc1. The highest BCUT2D eigenvalue weighted by molar-refractivity contribution is 7.26. The molecule has 0 fully saturated rings. The number of hydrogen-bond acceptors (Lipinski definition) is 5. The van der Waals surface area contributed by atoms with Gasteiger partial charge in [-0.1, -0.05) is 358 Å². The summed E-state index contributed by atoms with van der Waals surface area (Å²) in [6.45, 7) is 0. The van der Waals surface area contributed by atoms with Crippen LogP contribution in [0.15, 0.2) is 488 Å². The molecule has 0 saturated carbocycles. The van der Waals surface area contributed by atoms with Crippen molar-refractivity contribution in [3.63, 3.8) is 0 Å². The van der Waals surface area contributed by atoms with Crippen LogP contribution >= 0.6 is 11.3 Å². The van der Waals surface area contributed by atoms with E-state index in [1.54, 1.807) is 0 Å². The molecule has 128 heavy (non-hydrogen) atoms. The molecule has 6 heteroatoms. The largest absolute Gasteiger partial charge is 0.456 e. The number of anilines is 6. The van der Waals surface area contributed by atoms with E-state index in [0.29, 0.717) is 0 Å². The number of benzene rings is 20. The molecule has 0 saturated heterocycles. The molecule has 4 aromatic heterocycles. The number of rotatable bonds is 14. The molecule has 0 bridgehead atoms. The molecule has 2 aliphatic rings. The second-order valence-electron chi connectivity index (χ2n) is 33.6. The predicted octanol–water partition coefficient (Wildman–Crippen LogP) is 33.3. The summed E-state index contributed by atoms with van der Waals surface area (Å²) >= 11 is 1.88.